The van der Waals surface area contributed by atoms with Gasteiger partial charge in [-0.25, -0.2) is 0 Å². The van der Waals surface area contributed by atoms with E-state index in [4.69, 9.17) is 5.26 Å². The van der Waals surface area contributed by atoms with E-state index >= 15 is 0 Å². The molecule has 0 saturated carbocycles. The Balaban J connectivity index is 2.50. The van der Waals surface area contributed by atoms with Gasteiger partial charge in [0, 0.05) is 5.75 Å². The molecule has 5 nitrogen and oxygen atoms in total. The molecule has 106 valence electrons. The van der Waals surface area contributed by atoms with Gasteiger partial charge in [-0.2, -0.15) is 5.26 Å². The molecule has 1 aromatic rings. The number of methoxy groups -OCH3 is 1. The summed E-state index contributed by atoms with van der Waals surface area (Å²) in [6, 6.07) is 8.84. The highest BCUT2D eigenvalue weighted by molar-refractivity contribution is 8.00. The average molecular weight is 292 g/mol. The summed E-state index contributed by atoms with van der Waals surface area (Å²) in [6.45, 7) is 1.76. The van der Waals surface area contributed by atoms with E-state index in [-0.39, 0.29) is 23.5 Å². The van der Waals surface area contributed by atoms with Gasteiger partial charge in [0.2, 0.25) is 5.91 Å². The molecule has 0 bridgehead atoms. The third-order valence-electron chi connectivity index (χ3n) is 2.58. The second kappa shape index (κ2) is 8.23. The molecule has 0 heterocycles. The molecule has 0 aliphatic heterocycles. The fraction of sp³-hybridized carbons (Fsp3) is 0.357. The number of rotatable bonds is 6. The van der Waals surface area contributed by atoms with Crippen LogP contribution in [0.5, 0.6) is 0 Å². The number of carbonyl (C=O) groups excluding carboxylic acids is 2. The molecular weight excluding hydrogens is 276 g/mol. The Labute approximate surface area is 122 Å². The highest BCUT2D eigenvalue weighted by Crippen LogP contribution is 2.17. The van der Waals surface area contributed by atoms with Crippen LogP contribution in [0.15, 0.2) is 24.3 Å². The Morgan fingerprint density at radius 2 is 2.15 bits per heavy atom. The van der Waals surface area contributed by atoms with Gasteiger partial charge in [-0.3, -0.25) is 9.59 Å². The molecular formula is C14H16N2O3S. The van der Waals surface area contributed by atoms with Crippen molar-refractivity contribution >= 4 is 29.3 Å². The third kappa shape index (κ3) is 4.94. The summed E-state index contributed by atoms with van der Waals surface area (Å²) in [7, 11) is 1.34. The van der Waals surface area contributed by atoms with Crippen molar-refractivity contribution in [3.05, 3.63) is 29.8 Å². The van der Waals surface area contributed by atoms with Gasteiger partial charge in [0.05, 0.1) is 30.0 Å². The minimum Gasteiger partial charge on any atom is -0.469 e. The predicted octanol–water partition coefficient (Wildman–Crippen LogP) is 2.18. The number of para-hydroxylation sites is 1. The van der Waals surface area contributed by atoms with Crippen LogP contribution in [-0.2, 0) is 14.3 Å². The summed E-state index contributed by atoms with van der Waals surface area (Å²) in [5.74, 6) is 0.0312. The maximum atomic E-state index is 12.0. The fourth-order valence-electron chi connectivity index (χ4n) is 1.42. The lowest BCUT2D eigenvalue weighted by Gasteiger charge is -2.12. The lowest BCUT2D eigenvalue weighted by Crippen LogP contribution is -2.23. The molecule has 20 heavy (non-hydrogen) atoms. The number of ether oxygens (including phenoxy) is 1. The van der Waals surface area contributed by atoms with Crippen molar-refractivity contribution in [3.63, 3.8) is 0 Å². The number of anilines is 1. The van der Waals surface area contributed by atoms with Gasteiger partial charge in [0.15, 0.2) is 0 Å². The van der Waals surface area contributed by atoms with E-state index in [0.29, 0.717) is 17.0 Å². The van der Waals surface area contributed by atoms with Crippen LogP contribution in [0.3, 0.4) is 0 Å². The first-order valence-electron chi connectivity index (χ1n) is 6.07. The van der Waals surface area contributed by atoms with Crippen molar-refractivity contribution in [1.29, 1.82) is 5.26 Å². The molecule has 0 saturated heterocycles. The van der Waals surface area contributed by atoms with E-state index in [9.17, 15) is 9.59 Å². The summed E-state index contributed by atoms with van der Waals surface area (Å²) in [5, 5.41) is 11.3. The first-order valence-corrected chi connectivity index (χ1v) is 7.11. The van der Waals surface area contributed by atoms with E-state index in [0.717, 1.165) is 0 Å². The number of hydrogen-bond donors (Lipinski definition) is 1. The second-order valence-electron chi connectivity index (χ2n) is 3.99. The SMILES string of the molecule is COC(=O)CCS[C@H](C)C(=O)Nc1ccccc1C#N. The Kier molecular flexibility index (Phi) is 6.60. The maximum absolute atomic E-state index is 12.0. The van der Waals surface area contributed by atoms with E-state index in [1.54, 1.807) is 31.2 Å². The fourth-order valence-corrected chi connectivity index (χ4v) is 2.27. The lowest BCUT2D eigenvalue weighted by molar-refractivity contribution is -0.140. The molecule has 0 aromatic heterocycles. The molecule has 1 aromatic carbocycles. The van der Waals surface area contributed by atoms with Crippen LogP contribution in [0.4, 0.5) is 5.69 Å². The second-order valence-corrected chi connectivity index (χ2v) is 5.43. The molecule has 0 spiro atoms. The summed E-state index contributed by atoms with van der Waals surface area (Å²) >= 11 is 1.37. The number of thioether (sulfide) groups is 1. The van der Waals surface area contributed by atoms with Gasteiger partial charge in [-0.05, 0) is 19.1 Å². The molecule has 1 amide bonds. The number of amides is 1. The van der Waals surface area contributed by atoms with E-state index in [1.165, 1.54) is 18.9 Å². The van der Waals surface area contributed by atoms with E-state index in [2.05, 4.69) is 10.1 Å². The van der Waals surface area contributed by atoms with Crippen LogP contribution >= 0.6 is 11.8 Å². The Morgan fingerprint density at radius 3 is 2.80 bits per heavy atom. The van der Waals surface area contributed by atoms with Gasteiger partial charge in [-0.15, -0.1) is 11.8 Å². The molecule has 1 rings (SSSR count). The molecule has 6 heteroatoms. The largest absolute Gasteiger partial charge is 0.469 e. The number of carbonyl (C=O) groups is 2. The molecule has 0 fully saturated rings. The van der Waals surface area contributed by atoms with Crippen molar-refractivity contribution < 1.29 is 14.3 Å². The molecule has 1 N–H and O–H groups in total. The van der Waals surface area contributed by atoms with Gasteiger partial charge in [0.25, 0.3) is 0 Å². The first-order chi connectivity index (χ1) is 9.58. The molecule has 1 atom stereocenters. The highest BCUT2D eigenvalue weighted by Gasteiger charge is 2.15. The number of hydrogen-bond acceptors (Lipinski definition) is 5. The Bertz CT molecular complexity index is 525. The zero-order chi connectivity index (χ0) is 15.0. The monoisotopic (exact) mass is 292 g/mol. The Morgan fingerprint density at radius 1 is 1.45 bits per heavy atom. The molecule has 0 aliphatic rings. The predicted molar refractivity (Wildman–Crippen MR) is 78.3 cm³/mol. The number of esters is 1. The molecule has 0 unspecified atom stereocenters. The number of nitrogens with one attached hydrogen (secondary N) is 1. The highest BCUT2D eigenvalue weighted by atomic mass is 32.2. The topological polar surface area (TPSA) is 79.2 Å². The van der Waals surface area contributed by atoms with Gasteiger partial charge in [-0.1, -0.05) is 12.1 Å². The van der Waals surface area contributed by atoms with Crippen LogP contribution in [0, 0.1) is 11.3 Å². The van der Waals surface area contributed by atoms with Crippen LogP contribution in [-0.4, -0.2) is 30.0 Å². The average Bonchev–Trinajstić information content (AvgIpc) is 2.47. The van der Waals surface area contributed by atoms with Gasteiger partial charge in [0.1, 0.15) is 6.07 Å². The van der Waals surface area contributed by atoms with E-state index < -0.39 is 0 Å². The van der Waals surface area contributed by atoms with Gasteiger partial charge >= 0.3 is 5.97 Å². The summed E-state index contributed by atoms with van der Waals surface area (Å²) in [4.78, 5) is 22.9. The quantitative estimate of drug-likeness (QED) is 0.813. The zero-order valence-corrected chi connectivity index (χ0v) is 12.2. The number of benzene rings is 1. The van der Waals surface area contributed by atoms with Crippen molar-refractivity contribution in [2.45, 2.75) is 18.6 Å². The number of nitrogens with zero attached hydrogens (tertiary/aromatic N) is 1. The first kappa shape index (κ1) is 16.1. The van der Waals surface area contributed by atoms with E-state index in [1.807, 2.05) is 6.07 Å². The summed E-state index contributed by atoms with van der Waals surface area (Å²) in [5.41, 5.74) is 0.924. The standard InChI is InChI=1S/C14H16N2O3S/c1-10(20-8-7-13(17)19-2)14(18)16-12-6-4-3-5-11(12)9-15/h3-6,10H,7-8H2,1-2H3,(H,16,18)/t10-/m1/s1. The minimum absolute atomic E-state index is 0.192. The zero-order valence-electron chi connectivity index (χ0n) is 11.4. The number of nitriles is 1. The van der Waals surface area contributed by atoms with Crippen LogP contribution in [0.1, 0.15) is 18.9 Å². The third-order valence-corrected chi connectivity index (χ3v) is 3.73. The molecule has 0 radical (unpaired) electrons. The minimum atomic E-state index is -0.314. The molecule has 0 aliphatic carbocycles. The summed E-state index contributed by atoms with van der Waals surface area (Å²) < 4.78 is 4.53. The maximum Gasteiger partial charge on any atom is 0.306 e. The van der Waals surface area contributed by atoms with Crippen molar-refractivity contribution in [2.24, 2.45) is 0 Å². The Hall–Kier alpha value is -2.00. The summed E-state index contributed by atoms with van der Waals surface area (Å²) in [6.07, 6.45) is 0.271. The van der Waals surface area contributed by atoms with Gasteiger partial charge < -0.3 is 10.1 Å². The van der Waals surface area contributed by atoms with Crippen molar-refractivity contribution in [3.8, 4) is 6.07 Å². The normalized spacial score (nSPS) is 11.2. The van der Waals surface area contributed by atoms with Crippen LogP contribution < -0.4 is 5.32 Å². The van der Waals surface area contributed by atoms with Crippen molar-refractivity contribution in [1.82, 2.24) is 0 Å². The van der Waals surface area contributed by atoms with Crippen LogP contribution in [0.2, 0.25) is 0 Å². The lowest BCUT2D eigenvalue weighted by atomic mass is 10.2. The van der Waals surface area contributed by atoms with Crippen LogP contribution in [0.25, 0.3) is 0 Å². The van der Waals surface area contributed by atoms with Crippen molar-refractivity contribution in [2.75, 3.05) is 18.2 Å². The smallest absolute Gasteiger partial charge is 0.306 e.